The molecule has 22 heavy (non-hydrogen) atoms. The molecule has 1 aromatic carbocycles. The minimum absolute atomic E-state index is 0.268. The van der Waals surface area contributed by atoms with Gasteiger partial charge in [0.25, 0.3) is 5.91 Å². The van der Waals surface area contributed by atoms with Crippen molar-refractivity contribution in [3.05, 3.63) is 54.4 Å². The highest BCUT2D eigenvalue weighted by Crippen LogP contribution is 2.23. The average molecular weight is 296 g/mol. The zero-order valence-electron chi connectivity index (χ0n) is 12.0. The molecule has 1 saturated heterocycles. The van der Waals surface area contributed by atoms with Gasteiger partial charge in [-0.3, -0.25) is 9.78 Å². The van der Waals surface area contributed by atoms with E-state index in [0.29, 0.717) is 24.9 Å². The number of nitrogens with zero attached hydrogens (tertiary/aromatic N) is 2. The van der Waals surface area contributed by atoms with Crippen LogP contribution in [0.5, 0.6) is 0 Å². The van der Waals surface area contributed by atoms with E-state index in [1.807, 2.05) is 30.3 Å². The van der Waals surface area contributed by atoms with Crippen LogP contribution in [0.15, 0.2) is 48.8 Å². The fourth-order valence-electron chi connectivity index (χ4n) is 2.78. The van der Waals surface area contributed by atoms with Gasteiger partial charge in [0.15, 0.2) is 0 Å². The lowest BCUT2D eigenvalue weighted by molar-refractivity contribution is -0.141. The number of benzene rings is 1. The molecule has 1 atom stereocenters. The second kappa shape index (κ2) is 5.97. The zero-order chi connectivity index (χ0) is 15.5. The number of carbonyl (C=O) groups is 2. The predicted octanol–water partition coefficient (Wildman–Crippen LogP) is 2.44. The van der Waals surface area contributed by atoms with Crippen molar-refractivity contribution >= 4 is 11.9 Å². The first kappa shape index (κ1) is 14.3. The number of carboxylic acids is 1. The highest BCUT2D eigenvalue weighted by atomic mass is 16.4. The standard InChI is InChI=1S/C17H16N2O3/c20-16(19-8-4-7-15(19)17(21)22)14-9-13(10-18-11-14)12-5-2-1-3-6-12/h1-3,5-6,9-11,15H,4,7-8H2,(H,21,22)/t15-/m1/s1. The molecule has 3 rings (SSSR count). The van der Waals surface area contributed by atoms with E-state index < -0.39 is 12.0 Å². The summed E-state index contributed by atoms with van der Waals surface area (Å²) in [6.07, 6.45) is 4.41. The molecule has 5 nitrogen and oxygen atoms in total. The maximum atomic E-state index is 12.6. The van der Waals surface area contributed by atoms with Crippen LogP contribution in [-0.2, 0) is 4.79 Å². The van der Waals surface area contributed by atoms with E-state index in [9.17, 15) is 14.7 Å². The van der Waals surface area contributed by atoms with Gasteiger partial charge in [0.05, 0.1) is 5.56 Å². The lowest BCUT2D eigenvalue weighted by atomic mass is 10.1. The topological polar surface area (TPSA) is 70.5 Å². The number of carbonyl (C=O) groups excluding carboxylic acids is 1. The summed E-state index contributed by atoms with van der Waals surface area (Å²) in [5, 5.41) is 9.20. The molecule has 1 aromatic heterocycles. The Labute approximate surface area is 128 Å². The Kier molecular flexibility index (Phi) is 3.87. The Morgan fingerprint density at radius 1 is 1.14 bits per heavy atom. The maximum Gasteiger partial charge on any atom is 0.326 e. The van der Waals surface area contributed by atoms with Gasteiger partial charge in [-0.25, -0.2) is 4.79 Å². The Morgan fingerprint density at radius 3 is 2.64 bits per heavy atom. The van der Waals surface area contributed by atoms with Gasteiger partial charge in [-0.2, -0.15) is 0 Å². The lowest BCUT2D eigenvalue weighted by Crippen LogP contribution is -2.40. The molecule has 0 saturated carbocycles. The second-order valence-electron chi connectivity index (χ2n) is 5.32. The number of likely N-dealkylation sites (tertiary alicyclic amines) is 1. The highest BCUT2D eigenvalue weighted by Gasteiger charge is 2.34. The van der Waals surface area contributed by atoms with Crippen molar-refractivity contribution in [1.29, 1.82) is 0 Å². The summed E-state index contributed by atoms with van der Waals surface area (Å²) in [5.74, 6) is -1.21. The molecule has 0 radical (unpaired) electrons. The first-order valence-electron chi connectivity index (χ1n) is 7.21. The molecule has 0 aliphatic carbocycles. The third kappa shape index (κ3) is 2.70. The van der Waals surface area contributed by atoms with E-state index in [1.165, 1.54) is 11.1 Å². The van der Waals surface area contributed by atoms with Gasteiger partial charge in [0, 0.05) is 24.5 Å². The quantitative estimate of drug-likeness (QED) is 0.944. The molecule has 112 valence electrons. The number of hydrogen-bond donors (Lipinski definition) is 1. The average Bonchev–Trinajstić information content (AvgIpc) is 3.05. The van der Waals surface area contributed by atoms with Crippen molar-refractivity contribution in [1.82, 2.24) is 9.88 Å². The van der Waals surface area contributed by atoms with Crippen LogP contribution in [0, 0.1) is 0 Å². The number of aliphatic carboxylic acids is 1. The van der Waals surface area contributed by atoms with Gasteiger partial charge in [-0.05, 0) is 24.5 Å². The Morgan fingerprint density at radius 2 is 1.91 bits per heavy atom. The fourth-order valence-corrected chi connectivity index (χ4v) is 2.78. The van der Waals surface area contributed by atoms with Crippen molar-refractivity contribution in [2.24, 2.45) is 0 Å². The maximum absolute atomic E-state index is 12.6. The number of carboxylic acid groups (broad SMARTS) is 1. The minimum atomic E-state index is -0.946. The molecule has 5 heteroatoms. The third-order valence-corrected chi connectivity index (χ3v) is 3.89. The summed E-state index contributed by atoms with van der Waals surface area (Å²) < 4.78 is 0. The van der Waals surface area contributed by atoms with Crippen LogP contribution < -0.4 is 0 Å². The van der Waals surface area contributed by atoms with E-state index in [2.05, 4.69) is 4.98 Å². The molecular formula is C17H16N2O3. The van der Waals surface area contributed by atoms with Gasteiger partial charge < -0.3 is 10.0 Å². The van der Waals surface area contributed by atoms with Gasteiger partial charge in [-0.15, -0.1) is 0 Å². The molecule has 1 fully saturated rings. The van der Waals surface area contributed by atoms with Gasteiger partial charge >= 0.3 is 5.97 Å². The van der Waals surface area contributed by atoms with Crippen LogP contribution in [-0.4, -0.2) is 39.5 Å². The number of amides is 1. The second-order valence-corrected chi connectivity index (χ2v) is 5.32. The normalized spacial score (nSPS) is 17.5. The van der Waals surface area contributed by atoms with E-state index in [4.69, 9.17) is 0 Å². The summed E-state index contributed by atoms with van der Waals surface area (Å²) in [6.45, 7) is 0.478. The monoisotopic (exact) mass is 296 g/mol. The third-order valence-electron chi connectivity index (χ3n) is 3.89. The number of aromatic nitrogens is 1. The van der Waals surface area contributed by atoms with Crippen LogP contribution >= 0.6 is 0 Å². The minimum Gasteiger partial charge on any atom is -0.480 e. The summed E-state index contributed by atoms with van der Waals surface area (Å²) in [7, 11) is 0. The summed E-state index contributed by atoms with van der Waals surface area (Å²) in [4.78, 5) is 29.3. The Balaban J connectivity index is 1.89. The molecule has 2 aromatic rings. The van der Waals surface area contributed by atoms with Crippen LogP contribution in [0.3, 0.4) is 0 Å². The smallest absolute Gasteiger partial charge is 0.326 e. The Hall–Kier alpha value is -2.69. The number of hydrogen-bond acceptors (Lipinski definition) is 3. The van der Waals surface area contributed by atoms with Crippen LogP contribution in [0.1, 0.15) is 23.2 Å². The predicted molar refractivity (Wildman–Crippen MR) is 81.4 cm³/mol. The lowest BCUT2D eigenvalue weighted by Gasteiger charge is -2.21. The highest BCUT2D eigenvalue weighted by molar-refractivity contribution is 5.97. The van der Waals surface area contributed by atoms with Crippen molar-refractivity contribution in [2.45, 2.75) is 18.9 Å². The van der Waals surface area contributed by atoms with E-state index in [-0.39, 0.29) is 5.91 Å². The van der Waals surface area contributed by atoms with E-state index in [1.54, 1.807) is 12.3 Å². The molecular weight excluding hydrogens is 280 g/mol. The van der Waals surface area contributed by atoms with Crippen molar-refractivity contribution in [3.63, 3.8) is 0 Å². The van der Waals surface area contributed by atoms with Crippen LogP contribution in [0.25, 0.3) is 11.1 Å². The Bertz CT molecular complexity index is 700. The summed E-state index contributed by atoms with van der Waals surface area (Å²) in [6, 6.07) is 10.7. The summed E-state index contributed by atoms with van der Waals surface area (Å²) >= 11 is 0. The van der Waals surface area contributed by atoms with Crippen LogP contribution in [0.2, 0.25) is 0 Å². The SMILES string of the molecule is O=C(O)[C@H]1CCCN1C(=O)c1cncc(-c2ccccc2)c1. The van der Waals surface area contributed by atoms with Crippen molar-refractivity contribution in [2.75, 3.05) is 6.54 Å². The number of pyridine rings is 1. The number of rotatable bonds is 3. The first-order valence-corrected chi connectivity index (χ1v) is 7.21. The molecule has 2 heterocycles. The first-order chi connectivity index (χ1) is 10.7. The molecule has 1 amide bonds. The van der Waals surface area contributed by atoms with Gasteiger partial charge in [0.2, 0.25) is 0 Å². The molecule has 0 unspecified atom stereocenters. The van der Waals surface area contributed by atoms with E-state index >= 15 is 0 Å². The largest absolute Gasteiger partial charge is 0.480 e. The zero-order valence-corrected chi connectivity index (χ0v) is 12.0. The van der Waals surface area contributed by atoms with Crippen LogP contribution in [0.4, 0.5) is 0 Å². The summed E-state index contributed by atoms with van der Waals surface area (Å²) in [5.41, 5.74) is 2.24. The van der Waals surface area contributed by atoms with Gasteiger partial charge in [0.1, 0.15) is 6.04 Å². The van der Waals surface area contributed by atoms with Crippen molar-refractivity contribution < 1.29 is 14.7 Å². The van der Waals surface area contributed by atoms with E-state index in [0.717, 1.165) is 11.1 Å². The van der Waals surface area contributed by atoms with Gasteiger partial charge in [-0.1, -0.05) is 30.3 Å². The fraction of sp³-hybridized carbons (Fsp3) is 0.235. The molecule has 1 aliphatic heterocycles. The molecule has 1 aliphatic rings. The van der Waals surface area contributed by atoms with Crippen molar-refractivity contribution in [3.8, 4) is 11.1 Å². The molecule has 0 bridgehead atoms. The molecule has 1 N–H and O–H groups in total. The molecule has 0 spiro atoms.